The van der Waals surface area contributed by atoms with Crippen LogP contribution in [0.3, 0.4) is 0 Å². The lowest BCUT2D eigenvalue weighted by molar-refractivity contribution is -0.146. The molecule has 0 heterocycles. The van der Waals surface area contributed by atoms with Gasteiger partial charge in [-0.05, 0) is 42.9 Å². The Morgan fingerprint density at radius 3 is 2.67 bits per heavy atom. The van der Waals surface area contributed by atoms with E-state index < -0.39 is 17.8 Å². The molecule has 2 aliphatic rings. The minimum Gasteiger partial charge on any atom is -0.489 e. The number of benzene rings is 1. The molecular formula is C19H21NO4. The van der Waals surface area contributed by atoms with E-state index in [1.807, 2.05) is 19.1 Å². The zero-order valence-corrected chi connectivity index (χ0v) is 13.6. The second-order valence-electron chi connectivity index (χ2n) is 6.60. The maximum absolute atomic E-state index is 12.6. The summed E-state index contributed by atoms with van der Waals surface area (Å²) >= 11 is 0. The molecule has 2 N–H and O–H groups in total. The van der Waals surface area contributed by atoms with Crippen LogP contribution in [0.25, 0.3) is 0 Å². The molecule has 3 rings (SSSR count). The predicted molar refractivity (Wildman–Crippen MR) is 90.7 cm³/mol. The molecule has 1 aromatic carbocycles. The Hall–Kier alpha value is -2.56. The monoisotopic (exact) mass is 327 g/mol. The third-order valence-corrected chi connectivity index (χ3v) is 4.63. The average Bonchev–Trinajstić information content (AvgIpc) is 3.14. The lowest BCUT2D eigenvalue weighted by atomic mass is 9.82. The number of rotatable bonds is 6. The van der Waals surface area contributed by atoms with Gasteiger partial charge in [0.2, 0.25) is 5.91 Å². The first-order chi connectivity index (χ1) is 11.5. The highest BCUT2D eigenvalue weighted by molar-refractivity contribution is 5.96. The van der Waals surface area contributed by atoms with Crippen molar-refractivity contribution in [2.45, 2.75) is 13.3 Å². The van der Waals surface area contributed by atoms with Crippen molar-refractivity contribution < 1.29 is 19.4 Å². The quantitative estimate of drug-likeness (QED) is 0.787. The van der Waals surface area contributed by atoms with Gasteiger partial charge in [-0.15, -0.1) is 0 Å². The van der Waals surface area contributed by atoms with Gasteiger partial charge in [-0.25, -0.2) is 0 Å². The van der Waals surface area contributed by atoms with E-state index in [2.05, 4.69) is 11.9 Å². The fourth-order valence-corrected chi connectivity index (χ4v) is 3.61. The minimum atomic E-state index is -0.898. The molecule has 4 atom stereocenters. The molecule has 0 spiro atoms. The topological polar surface area (TPSA) is 75.6 Å². The van der Waals surface area contributed by atoms with E-state index in [9.17, 15) is 14.7 Å². The van der Waals surface area contributed by atoms with Crippen molar-refractivity contribution >= 4 is 17.6 Å². The standard InChI is InChI=1S/C19H21NO4/c1-11(2)10-24-15-5-3-4-14(9-15)20-18(21)16-12-6-7-13(8-12)17(16)19(22)23/h3-7,9,12-13,16-17H,1,8,10H2,2H3,(H,20,21)(H,22,23). The van der Waals surface area contributed by atoms with Crippen LogP contribution in [-0.4, -0.2) is 23.6 Å². The van der Waals surface area contributed by atoms with Crippen LogP contribution in [0.5, 0.6) is 5.75 Å². The molecule has 0 saturated heterocycles. The molecular weight excluding hydrogens is 306 g/mol. The summed E-state index contributed by atoms with van der Waals surface area (Å²) in [5.41, 5.74) is 1.51. The van der Waals surface area contributed by atoms with Crippen LogP contribution in [0.4, 0.5) is 5.69 Å². The van der Waals surface area contributed by atoms with Gasteiger partial charge in [0.1, 0.15) is 12.4 Å². The Labute approximate surface area is 141 Å². The Morgan fingerprint density at radius 1 is 1.29 bits per heavy atom. The van der Waals surface area contributed by atoms with E-state index in [1.54, 1.807) is 24.3 Å². The number of nitrogens with one attached hydrogen (secondary N) is 1. The van der Waals surface area contributed by atoms with Crippen LogP contribution in [0.2, 0.25) is 0 Å². The van der Waals surface area contributed by atoms with Gasteiger partial charge in [-0.1, -0.05) is 24.8 Å². The van der Waals surface area contributed by atoms with Gasteiger partial charge in [0, 0.05) is 11.8 Å². The van der Waals surface area contributed by atoms with Crippen LogP contribution >= 0.6 is 0 Å². The van der Waals surface area contributed by atoms with Crippen molar-refractivity contribution in [1.82, 2.24) is 0 Å². The summed E-state index contributed by atoms with van der Waals surface area (Å²) in [6.07, 6.45) is 4.65. The van der Waals surface area contributed by atoms with E-state index in [0.717, 1.165) is 12.0 Å². The number of hydrogen-bond donors (Lipinski definition) is 2. The number of carbonyl (C=O) groups is 2. The number of carboxylic acid groups (broad SMARTS) is 1. The average molecular weight is 327 g/mol. The van der Waals surface area contributed by atoms with Crippen molar-refractivity contribution in [3.63, 3.8) is 0 Å². The lowest BCUT2D eigenvalue weighted by Crippen LogP contribution is -2.36. The summed E-state index contributed by atoms with van der Waals surface area (Å²) in [5, 5.41) is 12.3. The summed E-state index contributed by atoms with van der Waals surface area (Å²) in [7, 11) is 0. The van der Waals surface area contributed by atoms with Gasteiger partial charge < -0.3 is 15.2 Å². The summed E-state index contributed by atoms with van der Waals surface area (Å²) in [6.45, 7) is 6.07. The largest absolute Gasteiger partial charge is 0.489 e. The van der Waals surface area contributed by atoms with Crippen LogP contribution in [0, 0.1) is 23.7 Å². The Kier molecular flexibility index (Phi) is 4.42. The lowest BCUT2D eigenvalue weighted by Gasteiger charge is -2.24. The second kappa shape index (κ2) is 6.51. The van der Waals surface area contributed by atoms with E-state index in [1.165, 1.54) is 0 Å². The normalized spacial score (nSPS) is 27.0. The van der Waals surface area contributed by atoms with Crippen molar-refractivity contribution in [3.05, 3.63) is 48.6 Å². The number of carbonyl (C=O) groups excluding carboxylic acids is 1. The van der Waals surface area contributed by atoms with E-state index in [0.29, 0.717) is 18.0 Å². The van der Waals surface area contributed by atoms with Crippen molar-refractivity contribution in [2.24, 2.45) is 23.7 Å². The van der Waals surface area contributed by atoms with Crippen LogP contribution in [0.1, 0.15) is 13.3 Å². The fourth-order valence-electron chi connectivity index (χ4n) is 3.61. The third kappa shape index (κ3) is 3.20. The minimum absolute atomic E-state index is 0.0129. The first-order valence-electron chi connectivity index (χ1n) is 8.05. The highest BCUT2D eigenvalue weighted by atomic mass is 16.5. The number of hydrogen-bond acceptors (Lipinski definition) is 3. The van der Waals surface area contributed by atoms with Gasteiger partial charge in [0.25, 0.3) is 0 Å². The Bertz CT molecular complexity index is 709. The van der Waals surface area contributed by atoms with Gasteiger partial charge in [-0.2, -0.15) is 0 Å². The second-order valence-corrected chi connectivity index (χ2v) is 6.60. The molecule has 1 fully saturated rings. The molecule has 0 aromatic heterocycles. The summed E-state index contributed by atoms with van der Waals surface area (Å²) in [6, 6.07) is 7.10. The molecule has 24 heavy (non-hydrogen) atoms. The number of anilines is 1. The van der Waals surface area contributed by atoms with Gasteiger partial charge in [-0.3, -0.25) is 9.59 Å². The van der Waals surface area contributed by atoms with Crippen LogP contribution in [-0.2, 0) is 9.59 Å². The van der Waals surface area contributed by atoms with Crippen LogP contribution in [0.15, 0.2) is 48.6 Å². The molecule has 5 heteroatoms. The number of ether oxygens (including phenoxy) is 1. The highest BCUT2D eigenvalue weighted by Gasteiger charge is 2.51. The van der Waals surface area contributed by atoms with E-state index in [-0.39, 0.29) is 17.7 Å². The number of aliphatic carboxylic acids is 1. The van der Waals surface area contributed by atoms with Gasteiger partial charge in [0.15, 0.2) is 0 Å². The molecule has 4 unspecified atom stereocenters. The van der Waals surface area contributed by atoms with Crippen molar-refractivity contribution in [2.75, 3.05) is 11.9 Å². The van der Waals surface area contributed by atoms with Crippen molar-refractivity contribution in [3.8, 4) is 5.75 Å². The molecule has 2 aliphatic carbocycles. The highest BCUT2D eigenvalue weighted by Crippen LogP contribution is 2.48. The molecule has 5 nitrogen and oxygen atoms in total. The van der Waals surface area contributed by atoms with Crippen molar-refractivity contribution in [1.29, 1.82) is 0 Å². The first kappa shape index (κ1) is 16.3. The summed E-state index contributed by atoms with van der Waals surface area (Å²) < 4.78 is 5.57. The number of carboxylic acids is 1. The van der Waals surface area contributed by atoms with Gasteiger partial charge in [0.05, 0.1) is 11.8 Å². The maximum atomic E-state index is 12.6. The van der Waals surface area contributed by atoms with E-state index >= 15 is 0 Å². The summed E-state index contributed by atoms with van der Waals surface area (Å²) in [5.74, 6) is -1.67. The number of allylic oxidation sites excluding steroid dienone is 2. The fraction of sp³-hybridized carbons (Fsp3) is 0.368. The number of fused-ring (bicyclic) bond motifs is 2. The molecule has 1 saturated carbocycles. The summed E-state index contributed by atoms with van der Waals surface area (Å²) in [4.78, 5) is 24.2. The first-order valence-corrected chi connectivity index (χ1v) is 8.05. The zero-order chi connectivity index (χ0) is 17.3. The SMILES string of the molecule is C=C(C)COc1cccc(NC(=O)C2C3C=CC(C3)C2C(=O)O)c1. The molecule has 126 valence electrons. The molecule has 1 aromatic rings. The predicted octanol–water partition coefficient (Wildman–Crippen LogP) is 3.10. The van der Waals surface area contributed by atoms with Crippen LogP contribution < -0.4 is 10.1 Å². The smallest absolute Gasteiger partial charge is 0.307 e. The molecule has 0 aliphatic heterocycles. The van der Waals surface area contributed by atoms with E-state index in [4.69, 9.17) is 4.74 Å². The molecule has 2 bridgehead atoms. The molecule has 0 radical (unpaired) electrons. The number of amides is 1. The van der Waals surface area contributed by atoms with Gasteiger partial charge >= 0.3 is 5.97 Å². The Morgan fingerprint density at radius 2 is 2.00 bits per heavy atom. The maximum Gasteiger partial charge on any atom is 0.307 e. The Balaban J connectivity index is 1.71. The zero-order valence-electron chi connectivity index (χ0n) is 13.6. The molecule has 1 amide bonds. The third-order valence-electron chi connectivity index (χ3n) is 4.63.